The highest BCUT2D eigenvalue weighted by molar-refractivity contribution is 6.05. The zero-order chi connectivity index (χ0) is 19.4. The zero-order valence-corrected chi connectivity index (χ0v) is 15.5. The minimum absolute atomic E-state index is 0.163. The summed E-state index contributed by atoms with van der Waals surface area (Å²) < 4.78 is 21.4. The molecule has 1 aromatic heterocycles. The Labute approximate surface area is 157 Å². The molecule has 144 valence electrons. The molecule has 3 rings (SSSR count). The molecule has 0 atom stereocenters. The Morgan fingerprint density at radius 1 is 1.11 bits per heavy atom. The van der Waals surface area contributed by atoms with Crippen molar-refractivity contribution in [1.29, 1.82) is 0 Å². The molecule has 2 heterocycles. The van der Waals surface area contributed by atoms with Gasteiger partial charge in [0, 0.05) is 18.7 Å². The average Bonchev–Trinajstić information content (AvgIpc) is 3.14. The molecule has 8 nitrogen and oxygen atoms in total. The summed E-state index contributed by atoms with van der Waals surface area (Å²) in [6.07, 6.45) is 0. The van der Waals surface area contributed by atoms with E-state index in [0.717, 1.165) is 0 Å². The Hall–Kier alpha value is -3.00. The number of ether oxygens (including phenoxy) is 3. The van der Waals surface area contributed by atoms with Crippen LogP contribution in [0.4, 0.5) is 5.69 Å². The van der Waals surface area contributed by atoms with Crippen LogP contribution in [-0.2, 0) is 4.74 Å². The van der Waals surface area contributed by atoms with Gasteiger partial charge in [-0.2, -0.15) is 0 Å². The molecule has 0 bridgehead atoms. The molecule has 1 aliphatic heterocycles. The van der Waals surface area contributed by atoms with E-state index in [1.54, 1.807) is 36.1 Å². The SMILES string of the molecule is COc1cc(C(=O)N2CCOCC2)cc(NC(=O)c2ccc(C)o2)c1OC. The van der Waals surface area contributed by atoms with Crippen LogP contribution in [-0.4, -0.2) is 57.2 Å². The molecule has 1 aromatic carbocycles. The van der Waals surface area contributed by atoms with E-state index in [1.807, 2.05) is 0 Å². The van der Waals surface area contributed by atoms with Gasteiger partial charge in [-0.15, -0.1) is 0 Å². The number of methoxy groups -OCH3 is 2. The summed E-state index contributed by atoms with van der Waals surface area (Å²) in [6, 6.07) is 6.46. The van der Waals surface area contributed by atoms with Crippen LogP contribution in [0.2, 0.25) is 0 Å². The van der Waals surface area contributed by atoms with Gasteiger partial charge in [0.25, 0.3) is 11.8 Å². The lowest BCUT2D eigenvalue weighted by molar-refractivity contribution is 0.0302. The van der Waals surface area contributed by atoms with Crippen LogP contribution >= 0.6 is 0 Å². The first-order valence-corrected chi connectivity index (χ1v) is 8.54. The van der Waals surface area contributed by atoms with E-state index in [9.17, 15) is 9.59 Å². The molecule has 0 aliphatic carbocycles. The van der Waals surface area contributed by atoms with Crippen LogP contribution in [0.1, 0.15) is 26.7 Å². The van der Waals surface area contributed by atoms with Crippen molar-refractivity contribution in [1.82, 2.24) is 4.90 Å². The maximum absolute atomic E-state index is 12.8. The fourth-order valence-corrected chi connectivity index (χ4v) is 2.87. The molecule has 1 aliphatic rings. The molecule has 0 saturated carbocycles. The van der Waals surface area contributed by atoms with Gasteiger partial charge in [0.05, 0.1) is 33.1 Å². The lowest BCUT2D eigenvalue weighted by Gasteiger charge is -2.27. The van der Waals surface area contributed by atoms with Gasteiger partial charge in [0.15, 0.2) is 17.3 Å². The van der Waals surface area contributed by atoms with Crippen molar-refractivity contribution in [3.8, 4) is 11.5 Å². The van der Waals surface area contributed by atoms with Gasteiger partial charge < -0.3 is 28.8 Å². The van der Waals surface area contributed by atoms with Crippen molar-refractivity contribution in [3.63, 3.8) is 0 Å². The first kappa shape index (κ1) is 18.8. The summed E-state index contributed by atoms with van der Waals surface area (Å²) in [7, 11) is 2.94. The van der Waals surface area contributed by atoms with E-state index in [1.165, 1.54) is 14.2 Å². The molecule has 0 spiro atoms. The normalized spacial score (nSPS) is 14.0. The van der Waals surface area contributed by atoms with Gasteiger partial charge >= 0.3 is 0 Å². The lowest BCUT2D eigenvalue weighted by Crippen LogP contribution is -2.40. The summed E-state index contributed by atoms with van der Waals surface area (Å²) in [5.74, 6) is 0.859. The first-order chi connectivity index (χ1) is 13.0. The highest BCUT2D eigenvalue weighted by Gasteiger charge is 2.23. The van der Waals surface area contributed by atoms with Crippen molar-refractivity contribution >= 4 is 17.5 Å². The monoisotopic (exact) mass is 374 g/mol. The van der Waals surface area contributed by atoms with Crippen molar-refractivity contribution in [2.45, 2.75) is 6.92 Å². The van der Waals surface area contributed by atoms with Crippen LogP contribution in [0.25, 0.3) is 0 Å². The quantitative estimate of drug-likeness (QED) is 0.864. The fourth-order valence-electron chi connectivity index (χ4n) is 2.87. The largest absolute Gasteiger partial charge is 0.493 e. The molecule has 27 heavy (non-hydrogen) atoms. The predicted molar refractivity (Wildman–Crippen MR) is 97.7 cm³/mol. The number of carbonyl (C=O) groups excluding carboxylic acids is 2. The molecule has 2 aromatic rings. The molecule has 1 N–H and O–H groups in total. The topological polar surface area (TPSA) is 90.2 Å². The Morgan fingerprint density at radius 2 is 1.85 bits per heavy atom. The number of carbonyl (C=O) groups is 2. The number of anilines is 1. The smallest absolute Gasteiger partial charge is 0.291 e. The molecular formula is C19H22N2O6. The number of furan rings is 1. The number of nitrogens with one attached hydrogen (secondary N) is 1. The molecule has 1 fully saturated rings. The van der Waals surface area contributed by atoms with Crippen molar-refractivity contribution in [2.75, 3.05) is 45.8 Å². The first-order valence-electron chi connectivity index (χ1n) is 8.54. The third-order valence-electron chi connectivity index (χ3n) is 4.24. The van der Waals surface area contributed by atoms with E-state index < -0.39 is 5.91 Å². The summed E-state index contributed by atoms with van der Waals surface area (Å²) >= 11 is 0. The molecule has 1 saturated heterocycles. The van der Waals surface area contributed by atoms with Crippen LogP contribution in [0.15, 0.2) is 28.7 Å². The third-order valence-corrected chi connectivity index (χ3v) is 4.24. The predicted octanol–water partition coefficient (Wildman–Crippen LogP) is 2.33. The summed E-state index contributed by atoms with van der Waals surface area (Å²) in [6.45, 7) is 3.78. The molecule has 2 amide bonds. The molecule has 0 radical (unpaired) electrons. The third kappa shape index (κ3) is 4.06. The summed E-state index contributed by atoms with van der Waals surface area (Å²) in [5.41, 5.74) is 0.716. The van der Waals surface area contributed by atoms with E-state index in [-0.39, 0.29) is 11.7 Å². The number of aryl methyl sites for hydroxylation is 1. The molecule has 0 unspecified atom stereocenters. The van der Waals surface area contributed by atoms with E-state index in [4.69, 9.17) is 18.6 Å². The number of nitrogens with zero attached hydrogens (tertiary/aromatic N) is 1. The maximum atomic E-state index is 12.8. The molecule has 8 heteroatoms. The van der Waals surface area contributed by atoms with Crippen molar-refractivity contribution in [3.05, 3.63) is 41.3 Å². The van der Waals surface area contributed by atoms with E-state index in [2.05, 4.69) is 5.32 Å². The standard InChI is InChI=1S/C19H22N2O6/c1-12-4-5-15(27-12)18(22)20-14-10-13(11-16(24-2)17(14)25-3)19(23)21-6-8-26-9-7-21/h4-5,10-11H,6-9H2,1-3H3,(H,20,22). The Morgan fingerprint density at radius 3 is 2.44 bits per heavy atom. The number of morpholine rings is 1. The molecular weight excluding hydrogens is 352 g/mol. The average molecular weight is 374 g/mol. The van der Waals surface area contributed by atoms with Gasteiger partial charge in [0.2, 0.25) is 0 Å². The second-order valence-electron chi connectivity index (χ2n) is 6.03. The number of rotatable bonds is 5. The van der Waals surface area contributed by atoms with Crippen LogP contribution in [0, 0.1) is 6.92 Å². The Kier molecular flexibility index (Phi) is 5.66. The van der Waals surface area contributed by atoms with Crippen LogP contribution < -0.4 is 14.8 Å². The second-order valence-corrected chi connectivity index (χ2v) is 6.03. The van der Waals surface area contributed by atoms with E-state index >= 15 is 0 Å². The number of hydrogen-bond donors (Lipinski definition) is 1. The Bertz CT molecular complexity index is 839. The highest BCUT2D eigenvalue weighted by Crippen LogP contribution is 2.37. The van der Waals surface area contributed by atoms with E-state index in [0.29, 0.717) is 54.8 Å². The van der Waals surface area contributed by atoms with Gasteiger partial charge in [-0.25, -0.2) is 0 Å². The Balaban J connectivity index is 1.93. The lowest BCUT2D eigenvalue weighted by atomic mass is 10.1. The van der Waals surface area contributed by atoms with Gasteiger partial charge in [-0.1, -0.05) is 0 Å². The van der Waals surface area contributed by atoms with Crippen molar-refractivity contribution in [2.24, 2.45) is 0 Å². The second kappa shape index (κ2) is 8.13. The summed E-state index contributed by atoms with van der Waals surface area (Å²) in [5, 5.41) is 2.73. The number of hydrogen-bond acceptors (Lipinski definition) is 6. The van der Waals surface area contributed by atoms with Gasteiger partial charge in [-0.05, 0) is 31.2 Å². The summed E-state index contributed by atoms with van der Waals surface area (Å²) in [4.78, 5) is 27.0. The minimum atomic E-state index is -0.445. The van der Waals surface area contributed by atoms with Crippen LogP contribution in [0.5, 0.6) is 11.5 Å². The minimum Gasteiger partial charge on any atom is -0.493 e. The number of amides is 2. The van der Waals surface area contributed by atoms with Crippen molar-refractivity contribution < 1.29 is 28.2 Å². The zero-order valence-electron chi connectivity index (χ0n) is 15.5. The fraction of sp³-hybridized carbons (Fsp3) is 0.368. The number of benzene rings is 1. The van der Waals surface area contributed by atoms with Gasteiger partial charge in [0.1, 0.15) is 5.76 Å². The maximum Gasteiger partial charge on any atom is 0.291 e. The van der Waals surface area contributed by atoms with Gasteiger partial charge in [-0.3, -0.25) is 9.59 Å². The highest BCUT2D eigenvalue weighted by atomic mass is 16.5. The van der Waals surface area contributed by atoms with Crippen LogP contribution in [0.3, 0.4) is 0 Å².